The molecule has 86 valence electrons. The number of carbonyl (C=O) groups is 3. The molecule has 0 rings (SSSR count). The second-order valence-electron chi connectivity index (χ2n) is 3.04. The number of carbonyl (C=O) groups excluding carboxylic acids is 2. The maximum atomic E-state index is 11.2. The van der Waals surface area contributed by atoms with Gasteiger partial charge in [-0.25, -0.2) is 4.79 Å². The number of amides is 1. The molecule has 0 saturated heterocycles. The summed E-state index contributed by atoms with van der Waals surface area (Å²) in [5, 5.41) is 10.8. The molecule has 0 aromatic heterocycles. The highest BCUT2D eigenvalue weighted by Crippen LogP contribution is 1.96. The molecule has 0 aliphatic rings. The van der Waals surface area contributed by atoms with Crippen LogP contribution in [0.1, 0.15) is 20.8 Å². The van der Waals surface area contributed by atoms with Crippen molar-refractivity contribution in [3.8, 4) is 0 Å². The zero-order valence-electron chi connectivity index (χ0n) is 8.94. The van der Waals surface area contributed by atoms with Crippen molar-refractivity contribution in [2.45, 2.75) is 26.8 Å². The lowest BCUT2D eigenvalue weighted by atomic mass is 10.1. The molecule has 0 aromatic rings. The lowest BCUT2D eigenvalue weighted by molar-refractivity contribution is -0.151. The third kappa shape index (κ3) is 4.44. The Labute approximate surface area is 87.6 Å². The van der Waals surface area contributed by atoms with Crippen LogP contribution in [0.3, 0.4) is 0 Å². The van der Waals surface area contributed by atoms with Gasteiger partial charge in [-0.3, -0.25) is 9.59 Å². The van der Waals surface area contributed by atoms with Crippen molar-refractivity contribution in [2.75, 3.05) is 6.61 Å². The first-order valence-corrected chi connectivity index (χ1v) is 4.60. The van der Waals surface area contributed by atoms with E-state index in [1.807, 2.05) is 0 Å². The fraction of sp³-hybridized carbons (Fsp3) is 0.667. The minimum Gasteiger partial charge on any atom is -0.481 e. The molecule has 0 saturated carbocycles. The van der Waals surface area contributed by atoms with Crippen LogP contribution in [0.4, 0.5) is 0 Å². The van der Waals surface area contributed by atoms with Crippen LogP contribution >= 0.6 is 0 Å². The molecule has 0 aliphatic heterocycles. The highest BCUT2D eigenvalue weighted by molar-refractivity contribution is 5.98. The molecule has 0 heterocycles. The van der Waals surface area contributed by atoms with Gasteiger partial charge in [0.2, 0.25) is 5.91 Å². The average Bonchev–Trinajstić information content (AvgIpc) is 2.16. The van der Waals surface area contributed by atoms with E-state index in [1.54, 1.807) is 6.92 Å². The quantitative estimate of drug-likeness (QED) is 0.490. The molecule has 0 aromatic carbocycles. The van der Waals surface area contributed by atoms with Crippen LogP contribution in [0.2, 0.25) is 0 Å². The summed E-state index contributed by atoms with van der Waals surface area (Å²) < 4.78 is 4.64. The zero-order valence-corrected chi connectivity index (χ0v) is 8.94. The molecule has 0 fully saturated rings. The monoisotopic (exact) mass is 217 g/mol. The van der Waals surface area contributed by atoms with Crippen LogP contribution in [0, 0.1) is 5.92 Å². The molecule has 1 amide bonds. The Morgan fingerprint density at radius 3 is 2.27 bits per heavy atom. The number of nitrogens with one attached hydrogen (secondary N) is 1. The molecule has 6 nitrogen and oxygen atoms in total. The van der Waals surface area contributed by atoms with E-state index in [0.29, 0.717) is 0 Å². The van der Waals surface area contributed by atoms with Gasteiger partial charge < -0.3 is 15.2 Å². The normalized spacial score (nSPS) is 13.8. The van der Waals surface area contributed by atoms with Crippen LogP contribution in [-0.4, -0.2) is 35.6 Å². The molecular weight excluding hydrogens is 202 g/mol. The number of ether oxygens (including phenoxy) is 1. The summed E-state index contributed by atoms with van der Waals surface area (Å²) >= 11 is 0. The molecular formula is C9H15NO5. The zero-order chi connectivity index (χ0) is 12.0. The van der Waals surface area contributed by atoms with Gasteiger partial charge in [0.15, 0.2) is 0 Å². The molecule has 15 heavy (non-hydrogen) atoms. The first-order chi connectivity index (χ1) is 6.90. The van der Waals surface area contributed by atoms with Gasteiger partial charge in [0.25, 0.3) is 0 Å². The molecule has 0 bridgehead atoms. The summed E-state index contributed by atoms with van der Waals surface area (Å²) in [6.07, 6.45) is 0. The van der Waals surface area contributed by atoms with Crippen LogP contribution < -0.4 is 5.32 Å². The highest BCUT2D eigenvalue weighted by Gasteiger charge is 2.24. The average molecular weight is 217 g/mol. The van der Waals surface area contributed by atoms with Crippen LogP contribution in [-0.2, 0) is 19.1 Å². The number of aliphatic carboxylic acids is 1. The van der Waals surface area contributed by atoms with E-state index >= 15 is 0 Å². The summed E-state index contributed by atoms with van der Waals surface area (Å²) in [7, 11) is 0. The molecule has 0 aliphatic carbocycles. The Hall–Kier alpha value is -1.59. The molecule has 2 N–H and O–H groups in total. The lowest BCUT2D eigenvalue weighted by Gasteiger charge is -2.14. The largest absolute Gasteiger partial charge is 0.481 e. The van der Waals surface area contributed by atoms with E-state index in [-0.39, 0.29) is 6.61 Å². The van der Waals surface area contributed by atoms with E-state index in [4.69, 9.17) is 5.11 Å². The van der Waals surface area contributed by atoms with Crippen molar-refractivity contribution in [3.63, 3.8) is 0 Å². The SMILES string of the molecule is CCOC(=O)C(C)NC(=O)C(C)C(=O)O. The Morgan fingerprint density at radius 1 is 1.33 bits per heavy atom. The Balaban J connectivity index is 4.17. The standard InChI is InChI=1S/C9H15NO5/c1-4-15-9(14)6(3)10-7(11)5(2)8(12)13/h5-6H,4H2,1-3H3,(H,10,11)(H,12,13). The first-order valence-electron chi connectivity index (χ1n) is 4.60. The maximum absolute atomic E-state index is 11.2. The number of hydrogen-bond acceptors (Lipinski definition) is 4. The fourth-order valence-corrected chi connectivity index (χ4v) is 0.777. The summed E-state index contributed by atoms with van der Waals surface area (Å²) in [6, 6.07) is -0.834. The summed E-state index contributed by atoms with van der Waals surface area (Å²) in [5.74, 6) is -3.70. The predicted octanol–water partition coefficient (Wildman–Crippen LogP) is -0.225. The summed E-state index contributed by atoms with van der Waals surface area (Å²) in [5.41, 5.74) is 0. The molecule has 2 atom stereocenters. The Bertz CT molecular complexity index is 263. The molecule has 0 spiro atoms. The minimum atomic E-state index is -1.23. The van der Waals surface area contributed by atoms with E-state index in [2.05, 4.69) is 10.1 Å². The van der Waals surface area contributed by atoms with Crippen molar-refractivity contribution in [1.82, 2.24) is 5.32 Å². The molecule has 2 unspecified atom stereocenters. The van der Waals surface area contributed by atoms with Gasteiger partial charge in [0.05, 0.1) is 6.61 Å². The highest BCUT2D eigenvalue weighted by atomic mass is 16.5. The second-order valence-corrected chi connectivity index (χ2v) is 3.04. The lowest BCUT2D eigenvalue weighted by Crippen LogP contribution is -2.43. The van der Waals surface area contributed by atoms with Crippen molar-refractivity contribution in [2.24, 2.45) is 5.92 Å². The maximum Gasteiger partial charge on any atom is 0.328 e. The van der Waals surface area contributed by atoms with Gasteiger partial charge in [-0.15, -0.1) is 0 Å². The van der Waals surface area contributed by atoms with Crippen LogP contribution in [0.5, 0.6) is 0 Å². The number of carboxylic acid groups (broad SMARTS) is 1. The molecule has 0 radical (unpaired) electrons. The third-order valence-electron chi connectivity index (χ3n) is 1.76. The summed E-state index contributed by atoms with van der Waals surface area (Å²) in [4.78, 5) is 32.7. The predicted molar refractivity (Wildman–Crippen MR) is 51.0 cm³/mol. The minimum absolute atomic E-state index is 0.216. The van der Waals surface area contributed by atoms with Gasteiger partial charge >= 0.3 is 11.9 Å². The number of rotatable bonds is 5. The van der Waals surface area contributed by atoms with Gasteiger partial charge in [-0.2, -0.15) is 0 Å². The van der Waals surface area contributed by atoms with E-state index in [0.717, 1.165) is 0 Å². The number of carboxylic acids is 1. The van der Waals surface area contributed by atoms with Gasteiger partial charge in [0.1, 0.15) is 12.0 Å². The topological polar surface area (TPSA) is 92.7 Å². The first kappa shape index (κ1) is 13.4. The van der Waals surface area contributed by atoms with E-state index in [1.165, 1.54) is 13.8 Å². The second kappa shape index (κ2) is 6.00. The van der Waals surface area contributed by atoms with Crippen LogP contribution in [0.15, 0.2) is 0 Å². The number of hydrogen-bond donors (Lipinski definition) is 2. The van der Waals surface area contributed by atoms with Gasteiger partial charge in [0, 0.05) is 0 Å². The van der Waals surface area contributed by atoms with Crippen molar-refractivity contribution >= 4 is 17.8 Å². The molecule has 6 heteroatoms. The third-order valence-corrected chi connectivity index (χ3v) is 1.76. The Kier molecular flexibility index (Phi) is 5.36. The van der Waals surface area contributed by atoms with Crippen molar-refractivity contribution in [1.29, 1.82) is 0 Å². The van der Waals surface area contributed by atoms with Crippen molar-refractivity contribution < 1.29 is 24.2 Å². The Morgan fingerprint density at radius 2 is 1.87 bits per heavy atom. The van der Waals surface area contributed by atoms with Crippen molar-refractivity contribution in [3.05, 3.63) is 0 Å². The smallest absolute Gasteiger partial charge is 0.328 e. The van der Waals surface area contributed by atoms with Gasteiger partial charge in [-0.05, 0) is 20.8 Å². The van der Waals surface area contributed by atoms with Gasteiger partial charge in [-0.1, -0.05) is 0 Å². The van der Waals surface area contributed by atoms with E-state index < -0.39 is 29.8 Å². The summed E-state index contributed by atoms with van der Waals surface area (Å²) in [6.45, 7) is 4.54. The van der Waals surface area contributed by atoms with E-state index in [9.17, 15) is 14.4 Å². The number of esters is 1. The van der Waals surface area contributed by atoms with Crippen LogP contribution in [0.25, 0.3) is 0 Å². The fourth-order valence-electron chi connectivity index (χ4n) is 0.777.